The number of nitrogens with zero attached hydrogens (tertiary/aromatic N) is 3. The number of urea groups is 1. The van der Waals surface area contributed by atoms with Crippen LogP contribution in [0.1, 0.15) is 36.4 Å². The molecular formula is C19H24N4O3. The number of benzene rings is 1. The fourth-order valence-electron chi connectivity index (χ4n) is 3.83. The summed E-state index contributed by atoms with van der Waals surface area (Å²) >= 11 is 0. The molecule has 0 aliphatic carbocycles. The number of nitrogens with one attached hydrogen (secondary N) is 1. The van der Waals surface area contributed by atoms with Gasteiger partial charge in [0.1, 0.15) is 11.9 Å². The standard InChI is InChI=1S/C19H24N4O3/c1-3-23-17-6-7-22(10-15(17)16(11-24)21-23)19(25)20-14-4-5-18-13(9-14)8-12(2)26-18/h4-5,9,12,24H,3,6-8,10-11H2,1-2H3,(H,20,25)/t12-/m1/s1. The minimum absolute atomic E-state index is 0.103. The first-order valence-electron chi connectivity index (χ1n) is 9.12. The molecule has 0 unspecified atom stereocenters. The molecule has 2 N–H and O–H groups in total. The average molecular weight is 356 g/mol. The lowest BCUT2D eigenvalue weighted by atomic mass is 10.1. The minimum Gasteiger partial charge on any atom is -0.490 e. The Balaban J connectivity index is 1.48. The summed E-state index contributed by atoms with van der Waals surface area (Å²) in [6, 6.07) is 5.65. The van der Waals surface area contributed by atoms with Crippen molar-refractivity contribution < 1.29 is 14.6 Å². The van der Waals surface area contributed by atoms with Crippen LogP contribution in [0.2, 0.25) is 0 Å². The quantitative estimate of drug-likeness (QED) is 0.884. The van der Waals surface area contributed by atoms with Crippen molar-refractivity contribution in [3.8, 4) is 5.75 Å². The van der Waals surface area contributed by atoms with Gasteiger partial charge >= 0.3 is 6.03 Å². The van der Waals surface area contributed by atoms with Crippen LogP contribution in [0.15, 0.2) is 18.2 Å². The fraction of sp³-hybridized carbons (Fsp3) is 0.474. The van der Waals surface area contributed by atoms with Gasteiger partial charge in [0.25, 0.3) is 0 Å². The van der Waals surface area contributed by atoms with Crippen molar-refractivity contribution in [3.05, 3.63) is 40.7 Å². The van der Waals surface area contributed by atoms with E-state index in [1.54, 1.807) is 4.90 Å². The van der Waals surface area contributed by atoms with Crippen molar-refractivity contribution in [2.24, 2.45) is 0 Å². The number of rotatable bonds is 3. The van der Waals surface area contributed by atoms with Gasteiger partial charge in [-0.1, -0.05) is 0 Å². The van der Waals surface area contributed by atoms with E-state index in [4.69, 9.17) is 4.74 Å². The summed E-state index contributed by atoms with van der Waals surface area (Å²) in [6.07, 6.45) is 1.80. The molecule has 0 bridgehead atoms. The monoisotopic (exact) mass is 356 g/mol. The third kappa shape index (κ3) is 2.92. The van der Waals surface area contributed by atoms with Crippen LogP contribution in [0.3, 0.4) is 0 Å². The molecule has 3 heterocycles. The fourth-order valence-corrected chi connectivity index (χ4v) is 3.83. The highest BCUT2D eigenvalue weighted by Crippen LogP contribution is 2.31. The summed E-state index contributed by atoms with van der Waals surface area (Å²) in [5.74, 6) is 0.901. The second kappa shape index (κ2) is 6.64. The van der Waals surface area contributed by atoms with Gasteiger partial charge in [0, 0.05) is 42.9 Å². The van der Waals surface area contributed by atoms with Crippen LogP contribution in [0, 0.1) is 0 Å². The lowest BCUT2D eigenvalue weighted by Crippen LogP contribution is -2.39. The topological polar surface area (TPSA) is 79.6 Å². The van der Waals surface area contributed by atoms with E-state index in [0.717, 1.165) is 47.6 Å². The van der Waals surface area contributed by atoms with Crippen molar-refractivity contribution in [2.75, 3.05) is 11.9 Å². The van der Waals surface area contributed by atoms with Crippen LogP contribution < -0.4 is 10.1 Å². The van der Waals surface area contributed by atoms with Gasteiger partial charge in [-0.25, -0.2) is 4.79 Å². The number of fused-ring (bicyclic) bond motifs is 2. The van der Waals surface area contributed by atoms with Crippen LogP contribution in [0.5, 0.6) is 5.75 Å². The maximum Gasteiger partial charge on any atom is 0.322 e. The number of hydrogen-bond acceptors (Lipinski definition) is 4. The number of aryl methyl sites for hydroxylation is 1. The molecule has 26 heavy (non-hydrogen) atoms. The minimum atomic E-state index is -0.129. The number of aliphatic hydroxyl groups excluding tert-OH is 1. The first-order valence-corrected chi connectivity index (χ1v) is 9.12. The molecule has 0 saturated carbocycles. The third-order valence-corrected chi connectivity index (χ3v) is 5.10. The van der Waals surface area contributed by atoms with E-state index in [9.17, 15) is 9.90 Å². The number of carbonyl (C=O) groups excluding carboxylic acids is 1. The molecular weight excluding hydrogens is 332 g/mol. The van der Waals surface area contributed by atoms with E-state index in [1.165, 1.54) is 0 Å². The van der Waals surface area contributed by atoms with E-state index in [1.807, 2.05) is 36.7 Å². The predicted molar refractivity (Wildman–Crippen MR) is 97.2 cm³/mol. The van der Waals surface area contributed by atoms with Crippen molar-refractivity contribution in [1.82, 2.24) is 14.7 Å². The maximum atomic E-state index is 12.7. The summed E-state index contributed by atoms with van der Waals surface area (Å²) < 4.78 is 7.63. The second-order valence-corrected chi connectivity index (χ2v) is 6.90. The zero-order valence-electron chi connectivity index (χ0n) is 15.2. The third-order valence-electron chi connectivity index (χ3n) is 5.10. The number of aliphatic hydroxyl groups is 1. The Morgan fingerprint density at radius 2 is 2.31 bits per heavy atom. The number of aromatic nitrogens is 2. The van der Waals surface area contributed by atoms with Crippen molar-refractivity contribution in [3.63, 3.8) is 0 Å². The molecule has 4 rings (SSSR count). The largest absolute Gasteiger partial charge is 0.490 e. The Morgan fingerprint density at radius 1 is 1.46 bits per heavy atom. The Bertz CT molecular complexity index is 846. The predicted octanol–water partition coefficient (Wildman–Crippen LogP) is 2.31. The molecule has 0 radical (unpaired) electrons. The molecule has 0 spiro atoms. The van der Waals surface area contributed by atoms with Crippen molar-refractivity contribution >= 4 is 11.7 Å². The lowest BCUT2D eigenvalue weighted by Gasteiger charge is -2.28. The molecule has 1 atom stereocenters. The van der Waals surface area contributed by atoms with Gasteiger partial charge in [0.05, 0.1) is 18.8 Å². The van der Waals surface area contributed by atoms with E-state index >= 15 is 0 Å². The average Bonchev–Trinajstić information content (AvgIpc) is 3.19. The summed E-state index contributed by atoms with van der Waals surface area (Å²) in [5.41, 5.74) is 4.69. The summed E-state index contributed by atoms with van der Waals surface area (Å²) in [5, 5.41) is 17.0. The van der Waals surface area contributed by atoms with Crippen molar-refractivity contribution in [2.45, 2.75) is 52.5 Å². The van der Waals surface area contributed by atoms with Gasteiger partial charge in [-0.3, -0.25) is 4.68 Å². The molecule has 7 heteroatoms. The number of ether oxygens (including phenoxy) is 1. The molecule has 138 valence electrons. The van der Waals surface area contributed by atoms with Crippen LogP contribution >= 0.6 is 0 Å². The molecule has 2 aromatic rings. The maximum absolute atomic E-state index is 12.7. The van der Waals surface area contributed by atoms with E-state index < -0.39 is 0 Å². The molecule has 2 aliphatic rings. The van der Waals surface area contributed by atoms with E-state index in [0.29, 0.717) is 18.8 Å². The van der Waals surface area contributed by atoms with Gasteiger partial charge in [0.15, 0.2) is 0 Å². The molecule has 0 fully saturated rings. The smallest absolute Gasteiger partial charge is 0.322 e. The molecule has 2 aliphatic heterocycles. The number of anilines is 1. The summed E-state index contributed by atoms with van der Waals surface area (Å²) in [7, 11) is 0. The highest BCUT2D eigenvalue weighted by molar-refractivity contribution is 5.89. The highest BCUT2D eigenvalue weighted by atomic mass is 16.5. The molecule has 0 saturated heterocycles. The Labute approximate surface area is 152 Å². The Hall–Kier alpha value is -2.54. The van der Waals surface area contributed by atoms with Gasteiger partial charge in [-0.05, 0) is 37.6 Å². The first kappa shape index (κ1) is 16.9. The van der Waals surface area contributed by atoms with Crippen molar-refractivity contribution in [1.29, 1.82) is 0 Å². The molecule has 1 aromatic heterocycles. The second-order valence-electron chi connectivity index (χ2n) is 6.90. The van der Waals surface area contributed by atoms with Crippen LogP contribution in [-0.2, 0) is 32.5 Å². The van der Waals surface area contributed by atoms with Gasteiger partial charge in [-0.2, -0.15) is 5.10 Å². The summed E-state index contributed by atoms with van der Waals surface area (Å²) in [6.45, 7) is 5.85. The summed E-state index contributed by atoms with van der Waals surface area (Å²) in [4.78, 5) is 14.5. The molecule has 2 amide bonds. The molecule has 7 nitrogen and oxygen atoms in total. The number of hydrogen-bond donors (Lipinski definition) is 2. The van der Waals surface area contributed by atoms with E-state index in [-0.39, 0.29) is 18.7 Å². The van der Waals surface area contributed by atoms with Gasteiger partial charge in [-0.15, -0.1) is 0 Å². The lowest BCUT2D eigenvalue weighted by molar-refractivity contribution is 0.204. The van der Waals surface area contributed by atoms with Crippen LogP contribution in [0.25, 0.3) is 0 Å². The Morgan fingerprint density at radius 3 is 3.08 bits per heavy atom. The van der Waals surface area contributed by atoms with Crippen LogP contribution in [0.4, 0.5) is 10.5 Å². The number of amides is 2. The Kier molecular flexibility index (Phi) is 4.32. The number of carbonyl (C=O) groups is 1. The van der Waals surface area contributed by atoms with Gasteiger partial charge < -0.3 is 20.1 Å². The zero-order chi connectivity index (χ0) is 18.3. The molecule has 1 aromatic carbocycles. The first-order chi connectivity index (χ1) is 12.6. The van der Waals surface area contributed by atoms with E-state index in [2.05, 4.69) is 10.4 Å². The SMILES string of the molecule is CCn1nc(CO)c2c1CCN(C(=O)Nc1ccc3c(c1)C[C@@H](C)O3)C2. The zero-order valence-corrected chi connectivity index (χ0v) is 15.2. The van der Waals surface area contributed by atoms with Gasteiger partial charge in [0.2, 0.25) is 0 Å². The normalized spacial score (nSPS) is 18.3. The van der Waals surface area contributed by atoms with Crippen LogP contribution in [-0.4, -0.2) is 38.5 Å². The highest BCUT2D eigenvalue weighted by Gasteiger charge is 2.27.